The molecule has 2 fully saturated rings. The third-order valence-electron chi connectivity index (χ3n) is 4.42. The minimum Gasteiger partial charge on any atom is -0.355 e. The van der Waals surface area contributed by atoms with Crippen LogP contribution in [0.25, 0.3) is 0 Å². The van der Waals surface area contributed by atoms with E-state index in [4.69, 9.17) is 11.5 Å². The first-order valence-corrected chi connectivity index (χ1v) is 8.60. The van der Waals surface area contributed by atoms with E-state index >= 15 is 0 Å². The Labute approximate surface area is 145 Å². The molecule has 5 atom stereocenters. The SMILES string of the molecule is CC(=O)C1(N)CC1C.CC(=O)C1NC1C.CCNC(=O)C(N)CC. The summed E-state index contributed by atoms with van der Waals surface area (Å²) < 4.78 is 0. The fraction of sp³-hybridized carbons (Fsp3) is 0.824. The fourth-order valence-corrected chi connectivity index (χ4v) is 2.13. The van der Waals surface area contributed by atoms with Crippen LogP contribution in [-0.2, 0) is 14.4 Å². The number of Topliss-reactive ketones (excluding diaryl/α,β-unsaturated/α-hetero) is 2. The van der Waals surface area contributed by atoms with E-state index < -0.39 is 5.54 Å². The molecule has 6 N–H and O–H groups in total. The van der Waals surface area contributed by atoms with Gasteiger partial charge in [-0.1, -0.05) is 13.8 Å². The predicted molar refractivity (Wildman–Crippen MR) is 95.4 cm³/mol. The summed E-state index contributed by atoms with van der Waals surface area (Å²) in [6.07, 6.45) is 1.58. The van der Waals surface area contributed by atoms with Crippen LogP contribution >= 0.6 is 0 Å². The third kappa shape index (κ3) is 7.51. The summed E-state index contributed by atoms with van der Waals surface area (Å²) >= 11 is 0. The van der Waals surface area contributed by atoms with Gasteiger partial charge in [0, 0.05) is 12.6 Å². The molecule has 7 nitrogen and oxygen atoms in total. The monoisotopic (exact) mass is 342 g/mol. The van der Waals surface area contributed by atoms with Gasteiger partial charge in [0.25, 0.3) is 0 Å². The summed E-state index contributed by atoms with van der Waals surface area (Å²) in [4.78, 5) is 31.7. The smallest absolute Gasteiger partial charge is 0.236 e. The van der Waals surface area contributed by atoms with Gasteiger partial charge in [-0.25, -0.2) is 0 Å². The Morgan fingerprint density at radius 3 is 1.83 bits per heavy atom. The maximum Gasteiger partial charge on any atom is 0.236 e. The summed E-state index contributed by atoms with van der Waals surface area (Å²) in [7, 11) is 0. The highest BCUT2D eigenvalue weighted by atomic mass is 16.2. The molecule has 1 aliphatic carbocycles. The van der Waals surface area contributed by atoms with Crippen LogP contribution in [-0.4, -0.2) is 47.7 Å². The topological polar surface area (TPSA) is 137 Å². The highest BCUT2D eigenvalue weighted by Gasteiger charge is 2.51. The van der Waals surface area contributed by atoms with Gasteiger partial charge in [-0.3, -0.25) is 14.4 Å². The molecule has 5 unspecified atom stereocenters. The molecular formula is C17H34N4O3. The Kier molecular flexibility index (Phi) is 9.32. The lowest BCUT2D eigenvalue weighted by Crippen LogP contribution is -2.39. The van der Waals surface area contributed by atoms with Crippen molar-refractivity contribution in [2.24, 2.45) is 17.4 Å². The highest BCUT2D eigenvalue weighted by Crippen LogP contribution is 2.40. The van der Waals surface area contributed by atoms with Gasteiger partial charge in [-0.15, -0.1) is 0 Å². The van der Waals surface area contributed by atoms with E-state index in [0.29, 0.717) is 24.9 Å². The van der Waals surface area contributed by atoms with Gasteiger partial charge >= 0.3 is 0 Å². The number of amides is 1. The second-order valence-corrected chi connectivity index (χ2v) is 6.65. The average molecular weight is 342 g/mol. The van der Waals surface area contributed by atoms with Crippen LogP contribution in [0.5, 0.6) is 0 Å². The molecule has 1 aliphatic heterocycles. The number of nitrogens with two attached hydrogens (primary N) is 2. The van der Waals surface area contributed by atoms with Gasteiger partial charge in [0.05, 0.1) is 17.6 Å². The lowest BCUT2D eigenvalue weighted by Gasteiger charge is -2.06. The highest BCUT2D eigenvalue weighted by molar-refractivity contribution is 5.89. The van der Waals surface area contributed by atoms with Crippen LogP contribution in [0.3, 0.4) is 0 Å². The Morgan fingerprint density at radius 2 is 1.71 bits per heavy atom. The number of likely N-dealkylation sites (N-methyl/N-ethyl adjacent to an activating group) is 1. The molecule has 0 aromatic heterocycles. The van der Waals surface area contributed by atoms with Gasteiger partial charge in [0.1, 0.15) is 11.6 Å². The van der Waals surface area contributed by atoms with Gasteiger partial charge < -0.3 is 22.1 Å². The summed E-state index contributed by atoms with van der Waals surface area (Å²) in [5.41, 5.74) is 10.5. The van der Waals surface area contributed by atoms with E-state index in [1.807, 2.05) is 27.7 Å². The molecule has 1 saturated carbocycles. The zero-order valence-corrected chi connectivity index (χ0v) is 15.8. The van der Waals surface area contributed by atoms with Crippen molar-refractivity contribution >= 4 is 17.5 Å². The number of hydrogen-bond donors (Lipinski definition) is 4. The molecule has 1 heterocycles. The molecule has 24 heavy (non-hydrogen) atoms. The van der Waals surface area contributed by atoms with E-state index in [0.717, 1.165) is 6.42 Å². The van der Waals surface area contributed by atoms with Crippen molar-refractivity contribution in [3.8, 4) is 0 Å². The minimum absolute atomic E-state index is 0.0556. The van der Waals surface area contributed by atoms with Crippen molar-refractivity contribution in [2.45, 2.75) is 78.0 Å². The Morgan fingerprint density at radius 1 is 1.25 bits per heavy atom. The van der Waals surface area contributed by atoms with Gasteiger partial charge in [-0.2, -0.15) is 0 Å². The fourth-order valence-electron chi connectivity index (χ4n) is 2.13. The van der Waals surface area contributed by atoms with Crippen LogP contribution in [0.4, 0.5) is 0 Å². The first-order valence-electron chi connectivity index (χ1n) is 8.60. The second-order valence-electron chi connectivity index (χ2n) is 6.65. The molecule has 0 spiro atoms. The lowest BCUT2D eigenvalue weighted by atomic mass is 10.1. The Balaban J connectivity index is 0.000000332. The van der Waals surface area contributed by atoms with E-state index in [1.165, 1.54) is 0 Å². The third-order valence-corrected chi connectivity index (χ3v) is 4.42. The molecule has 0 aromatic rings. The largest absolute Gasteiger partial charge is 0.355 e. The minimum atomic E-state index is -0.431. The predicted octanol–water partition coefficient (Wildman–Crippen LogP) is 0.108. The quantitative estimate of drug-likeness (QED) is 0.523. The molecular weight excluding hydrogens is 308 g/mol. The normalized spacial score (nSPS) is 30.6. The first-order chi connectivity index (χ1) is 11.0. The van der Waals surface area contributed by atoms with Crippen LogP contribution in [0.15, 0.2) is 0 Å². The number of rotatable bonds is 5. The first kappa shape index (κ1) is 22.7. The number of nitrogens with one attached hydrogen (secondary N) is 2. The van der Waals surface area contributed by atoms with Crippen LogP contribution in [0, 0.1) is 5.92 Å². The number of carbonyl (C=O) groups excluding carboxylic acids is 3. The number of carbonyl (C=O) groups is 3. The molecule has 0 aromatic carbocycles. The molecule has 2 rings (SSSR count). The van der Waals surface area contributed by atoms with Crippen molar-refractivity contribution in [3.63, 3.8) is 0 Å². The average Bonchev–Trinajstić information content (AvgIpc) is 3.38. The second kappa shape index (κ2) is 9.86. The number of hydrogen-bond acceptors (Lipinski definition) is 6. The molecule has 140 valence electrons. The van der Waals surface area contributed by atoms with Crippen molar-refractivity contribution < 1.29 is 14.4 Å². The Hall–Kier alpha value is -1.31. The van der Waals surface area contributed by atoms with Crippen LogP contribution in [0.2, 0.25) is 0 Å². The molecule has 7 heteroatoms. The standard InChI is InChI=1S/C6H14N2O.C6H11NO.C5H9NO/c1-3-5(7)6(9)8-4-2;1-4-3-6(4,7)5(2)8;1-3-5(6-3)4(2)7/h5H,3-4,7H2,1-2H3,(H,8,9);4H,3,7H2,1-2H3;3,5-6H,1-2H3. The zero-order valence-electron chi connectivity index (χ0n) is 15.8. The Bertz CT molecular complexity index is 455. The van der Waals surface area contributed by atoms with Crippen molar-refractivity contribution in [1.82, 2.24) is 10.6 Å². The zero-order chi connectivity index (χ0) is 19.1. The number of ketones is 2. The molecule has 1 saturated heterocycles. The maximum atomic E-state index is 10.7. The van der Waals surface area contributed by atoms with Crippen LogP contribution < -0.4 is 22.1 Å². The molecule has 0 radical (unpaired) electrons. The van der Waals surface area contributed by atoms with Crippen LogP contribution in [0.1, 0.15) is 54.4 Å². The summed E-state index contributed by atoms with van der Waals surface area (Å²) in [6, 6.07) is 0.294. The molecule has 0 bridgehead atoms. The van der Waals surface area contributed by atoms with E-state index in [2.05, 4.69) is 10.6 Å². The van der Waals surface area contributed by atoms with E-state index in [1.54, 1.807) is 13.8 Å². The van der Waals surface area contributed by atoms with Crippen molar-refractivity contribution in [2.75, 3.05) is 6.54 Å². The van der Waals surface area contributed by atoms with E-state index in [-0.39, 0.29) is 29.6 Å². The molecule has 2 aliphatic rings. The van der Waals surface area contributed by atoms with Crippen molar-refractivity contribution in [1.29, 1.82) is 0 Å². The maximum absolute atomic E-state index is 10.7. The molecule has 1 amide bonds. The van der Waals surface area contributed by atoms with Gasteiger partial charge in [-0.05, 0) is 46.5 Å². The lowest BCUT2D eigenvalue weighted by molar-refractivity contribution is -0.122. The van der Waals surface area contributed by atoms with Gasteiger partial charge in [0.2, 0.25) is 5.91 Å². The van der Waals surface area contributed by atoms with E-state index in [9.17, 15) is 14.4 Å². The summed E-state index contributed by atoms with van der Waals surface area (Å²) in [5, 5.41) is 5.61. The summed E-state index contributed by atoms with van der Waals surface area (Å²) in [5.74, 6) is 0.748. The summed E-state index contributed by atoms with van der Waals surface area (Å²) in [6.45, 7) is 11.6. The van der Waals surface area contributed by atoms with Crippen molar-refractivity contribution in [3.05, 3.63) is 0 Å². The van der Waals surface area contributed by atoms with Gasteiger partial charge in [0.15, 0.2) is 0 Å².